The quantitative estimate of drug-likeness (QED) is 0.366. The van der Waals surface area contributed by atoms with E-state index < -0.39 is 41.0 Å². The minimum absolute atomic E-state index is 0.0849. The zero-order valence-corrected chi connectivity index (χ0v) is 21.3. The van der Waals surface area contributed by atoms with Crippen molar-refractivity contribution in [2.75, 3.05) is 11.5 Å². The summed E-state index contributed by atoms with van der Waals surface area (Å²) in [7, 11) is 0. The molecule has 3 aliphatic rings. The van der Waals surface area contributed by atoms with Crippen LogP contribution in [0.3, 0.4) is 0 Å². The van der Waals surface area contributed by atoms with Crippen molar-refractivity contribution in [1.29, 1.82) is 5.26 Å². The lowest BCUT2D eigenvalue weighted by molar-refractivity contribution is -0.134. The summed E-state index contributed by atoms with van der Waals surface area (Å²) in [6.45, 7) is 1.74. The number of aliphatic hydroxyl groups excluding tert-OH is 1. The number of aromatic nitrogens is 3. The van der Waals surface area contributed by atoms with Crippen molar-refractivity contribution in [3.8, 4) is 11.9 Å². The van der Waals surface area contributed by atoms with Crippen molar-refractivity contribution in [3.05, 3.63) is 40.9 Å². The normalized spacial score (nSPS) is 29.9. The molecule has 0 aliphatic carbocycles. The lowest BCUT2D eigenvalue weighted by Gasteiger charge is -2.33. The Kier molecular flexibility index (Phi) is 4.91. The molecule has 192 valence electrons. The summed E-state index contributed by atoms with van der Waals surface area (Å²) in [5, 5.41) is 25.9. The minimum Gasteiger partial charge on any atom is -0.475 e. The second kappa shape index (κ2) is 7.94. The maximum absolute atomic E-state index is 13.9. The van der Waals surface area contributed by atoms with Gasteiger partial charge >= 0.3 is 0 Å². The van der Waals surface area contributed by atoms with Crippen molar-refractivity contribution in [1.82, 2.24) is 13.9 Å². The lowest BCUT2D eigenvalue weighted by atomic mass is 9.66. The van der Waals surface area contributed by atoms with Crippen LogP contribution in [-0.2, 0) is 14.3 Å². The fraction of sp³-hybridized carbons (Fsp3) is 0.360. The topological polar surface area (TPSA) is 152 Å². The zero-order chi connectivity index (χ0) is 26.4. The van der Waals surface area contributed by atoms with Gasteiger partial charge in [-0.3, -0.25) is 9.59 Å². The molecule has 1 N–H and O–H groups in total. The molecule has 11 nitrogen and oxygen atoms in total. The van der Waals surface area contributed by atoms with E-state index in [1.165, 1.54) is 6.07 Å². The average molecular weight is 552 g/mol. The summed E-state index contributed by atoms with van der Waals surface area (Å²) in [6.07, 6.45) is -0.595. The van der Waals surface area contributed by atoms with E-state index >= 15 is 0 Å². The Hall–Kier alpha value is -3.63. The van der Waals surface area contributed by atoms with E-state index in [0.29, 0.717) is 27.0 Å². The Labute approximate surface area is 223 Å². The van der Waals surface area contributed by atoms with Gasteiger partial charge in [-0.05, 0) is 42.4 Å². The van der Waals surface area contributed by atoms with Gasteiger partial charge in [0.25, 0.3) is 5.88 Å². The number of hydrogen-bond donors (Lipinski definition) is 1. The molecule has 3 fully saturated rings. The summed E-state index contributed by atoms with van der Waals surface area (Å²) < 4.78 is 25.8. The van der Waals surface area contributed by atoms with Crippen LogP contribution in [0.4, 0.5) is 5.69 Å². The number of anilines is 1. The molecule has 0 spiro atoms. The van der Waals surface area contributed by atoms with Gasteiger partial charge in [0.15, 0.2) is 5.58 Å². The second-order valence-corrected chi connectivity index (χ2v) is 10.9. The molecule has 5 unspecified atom stereocenters. The summed E-state index contributed by atoms with van der Waals surface area (Å²) >= 11 is 7.04. The van der Waals surface area contributed by atoms with E-state index in [1.54, 1.807) is 31.2 Å². The van der Waals surface area contributed by atoms with Crippen LogP contribution in [0.2, 0.25) is 5.02 Å². The van der Waals surface area contributed by atoms with Gasteiger partial charge in [-0.25, -0.2) is 4.90 Å². The Morgan fingerprint density at radius 1 is 1.26 bits per heavy atom. The van der Waals surface area contributed by atoms with Crippen LogP contribution in [0.5, 0.6) is 5.88 Å². The molecule has 7 rings (SSSR count). The highest BCUT2D eigenvalue weighted by Gasteiger charge is 2.77. The maximum atomic E-state index is 13.9. The summed E-state index contributed by atoms with van der Waals surface area (Å²) in [5.74, 6) is -2.52. The first-order valence-corrected chi connectivity index (χ1v) is 13.0. The van der Waals surface area contributed by atoms with Crippen LogP contribution >= 0.6 is 23.3 Å². The van der Waals surface area contributed by atoms with Crippen LogP contribution in [0, 0.1) is 23.2 Å². The van der Waals surface area contributed by atoms with Crippen molar-refractivity contribution < 1.29 is 28.7 Å². The maximum Gasteiger partial charge on any atom is 0.262 e. The van der Waals surface area contributed by atoms with Gasteiger partial charge in [-0.15, -0.1) is 0 Å². The van der Waals surface area contributed by atoms with Crippen molar-refractivity contribution in [2.45, 2.75) is 37.1 Å². The van der Waals surface area contributed by atoms with Gasteiger partial charge in [-0.1, -0.05) is 11.6 Å². The Morgan fingerprint density at radius 2 is 2.08 bits per heavy atom. The number of benzene rings is 2. The first-order valence-electron chi connectivity index (χ1n) is 11.9. The first kappa shape index (κ1) is 23.5. The molecule has 4 aromatic rings. The van der Waals surface area contributed by atoms with Crippen LogP contribution in [0.1, 0.15) is 25.3 Å². The van der Waals surface area contributed by atoms with E-state index in [2.05, 4.69) is 20.0 Å². The van der Waals surface area contributed by atoms with Crippen molar-refractivity contribution >= 4 is 62.8 Å². The predicted octanol–water partition coefficient (Wildman–Crippen LogP) is 3.22. The smallest absolute Gasteiger partial charge is 0.262 e. The van der Waals surface area contributed by atoms with E-state index in [0.717, 1.165) is 16.6 Å². The van der Waals surface area contributed by atoms with Crippen LogP contribution in [0.15, 0.2) is 34.9 Å². The first-order chi connectivity index (χ1) is 18.3. The van der Waals surface area contributed by atoms with E-state index in [1.807, 2.05) is 0 Å². The Morgan fingerprint density at radius 3 is 2.89 bits per heavy atom. The number of imide groups is 1. The lowest BCUT2D eigenvalue weighted by Crippen LogP contribution is -2.49. The Bertz CT molecular complexity index is 1720. The van der Waals surface area contributed by atoms with Gasteiger partial charge < -0.3 is 19.1 Å². The summed E-state index contributed by atoms with van der Waals surface area (Å²) in [6, 6.07) is 10.3. The van der Waals surface area contributed by atoms with Gasteiger partial charge in [0, 0.05) is 17.9 Å². The molecule has 3 aliphatic heterocycles. The number of halogens is 1. The monoisotopic (exact) mass is 551 g/mol. The molecule has 2 aromatic carbocycles. The zero-order valence-electron chi connectivity index (χ0n) is 19.8. The number of hydrogen-bond acceptors (Lipinski definition) is 11. The van der Waals surface area contributed by atoms with E-state index in [-0.39, 0.29) is 36.6 Å². The van der Waals surface area contributed by atoms with Crippen molar-refractivity contribution in [2.24, 2.45) is 11.8 Å². The number of fused-ring (bicyclic) bond motifs is 7. The number of ether oxygens (including phenoxy) is 2. The highest BCUT2D eigenvalue weighted by atomic mass is 35.5. The number of amides is 2. The predicted molar refractivity (Wildman–Crippen MR) is 134 cm³/mol. The van der Waals surface area contributed by atoms with Crippen LogP contribution < -0.4 is 9.64 Å². The van der Waals surface area contributed by atoms with Crippen LogP contribution in [-0.4, -0.2) is 54.7 Å². The van der Waals surface area contributed by atoms with E-state index in [9.17, 15) is 20.0 Å². The van der Waals surface area contributed by atoms with E-state index in [4.69, 9.17) is 25.6 Å². The molecule has 0 saturated carbocycles. The number of rotatable bonds is 5. The third kappa shape index (κ3) is 2.98. The highest BCUT2D eigenvalue weighted by molar-refractivity contribution is 7.00. The number of nitriles is 1. The summed E-state index contributed by atoms with van der Waals surface area (Å²) in [5.41, 5.74) is -0.790. The van der Waals surface area contributed by atoms with Gasteiger partial charge in [0.2, 0.25) is 11.8 Å². The molecule has 5 heterocycles. The molecular weight excluding hydrogens is 534 g/mol. The molecule has 2 bridgehead atoms. The van der Waals surface area contributed by atoms with Gasteiger partial charge in [0.1, 0.15) is 28.3 Å². The molecule has 2 amide bonds. The molecule has 0 radical (unpaired) electrons. The van der Waals surface area contributed by atoms with Crippen LogP contribution in [0.25, 0.3) is 22.0 Å². The molecule has 5 atom stereocenters. The minimum atomic E-state index is -1.26. The molecule has 2 aromatic heterocycles. The molecular formula is C25H18ClN5O6S. The largest absolute Gasteiger partial charge is 0.475 e. The highest BCUT2D eigenvalue weighted by Crippen LogP contribution is 2.62. The third-order valence-corrected chi connectivity index (χ3v) is 8.81. The standard InChI is InChI=1S/C25H18ClN5O6S/c1-24-17(32)9-25(37-24,6-7-35-21-12-8-11(26)2-5-16(12)36-28-21)19-18(24)22(33)31(23(19)34)15-4-3-14-20(13(15)10-27)30-38-29-14/h2-5,8,17-19,32H,6-7,9H2,1H3. The fourth-order valence-electron chi connectivity index (χ4n) is 6.31. The number of carbonyl (C=O) groups excluding carboxylic acids is 2. The molecule has 3 saturated heterocycles. The summed E-state index contributed by atoms with van der Waals surface area (Å²) in [4.78, 5) is 28.7. The number of nitrogens with zero attached hydrogens (tertiary/aromatic N) is 5. The number of aliphatic hydroxyl groups is 1. The molecule has 13 heteroatoms. The van der Waals surface area contributed by atoms with Crippen molar-refractivity contribution in [3.63, 3.8) is 0 Å². The van der Waals surface area contributed by atoms with Gasteiger partial charge in [-0.2, -0.15) is 14.0 Å². The Balaban J connectivity index is 1.22. The molecule has 38 heavy (non-hydrogen) atoms. The SMILES string of the molecule is CC12OC(CCOc3noc4ccc(Cl)cc34)(CC1O)C1C(=O)N(c3ccc4nsnc4c3C#N)C(=O)C12. The second-order valence-electron chi connectivity index (χ2n) is 9.97. The van der Waals surface area contributed by atoms with Gasteiger partial charge in [0.05, 0.1) is 52.9 Å². The fourth-order valence-corrected chi connectivity index (χ4v) is 7.03. The third-order valence-electron chi connectivity index (χ3n) is 8.04. The average Bonchev–Trinajstić information content (AvgIpc) is 3.67. The number of carbonyl (C=O) groups is 2.